The molecule has 2 aliphatic rings. The van der Waals surface area contributed by atoms with Crippen molar-refractivity contribution in [2.75, 3.05) is 33.3 Å². The van der Waals surface area contributed by atoms with Gasteiger partial charge in [-0.25, -0.2) is 4.68 Å². The highest BCUT2D eigenvalue weighted by Gasteiger charge is 2.34. The first-order valence-electron chi connectivity index (χ1n) is 13.7. The summed E-state index contributed by atoms with van der Waals surface area (Å²) in [4.78, 5) is 21.5. The molecule has 3 heterocycles. The number of ether oxygens (including phenoxy) is 1. The Kier molecular flexibility index (Phi) is 7.20. The van der Waals surface area contributed by atoms with Gasteiger partial charge >= 0.3 is 0 Å². The number of pyridine rings is 1. The van der Waals surface area contributed by atoms with Gasteiger partial charge < -0.3 is 9.72 Å². The largest absolute Gasteiger partial charge is 0.497 e. The van der Waals surface area contributed by atoms with Crippen molar-refractivity contribution in [3.8, 4) is 5.75 Å². The first-order valence-corrected chi connectivity index (χ1v) is 13.7. The van der Waals surface area contributed by atoms with Crippen LogP contribution in [0.1, 0.15) is 61.1 Å². The molecule has 6 rings (SSSR count). The molecule has 1 saturated carbocycles. The molecule has 0 amide bonds. The van der Waals surface area contributed by atoms with E-state index in [1.165, 1.54) is 24.8 Å². The normalized spacial score (nSPS) is 18.6. The molecule has 198 valence electrons. The van der Waals surface area contributed by atoms with Gasteiger partial charge in [-0.2, -0.15) is 0 Å². The molecule has 2 fully saturated rings. The molecule has 1 atom stereocenters. The number of fused-ring (bicyclic) bond motifs is 1. The molecule has 0 radical (unpaired) electrons. The maximum absolute atomic E-state index is 13.6. The molecule has 1 aliphatic heterocycles. The van der Waals surface area contributed by atoms with Gasteiger partial charge in [0.05, 0.1) is 13.2 Å². The Morgan fingerprint density at radius 3 is 2.55 bits per heavy atom. The molecule has 0 bridgehead atoms. The van der Waals surface area contributed by atoms with Crippen molar-refractivity contribution in [3.63, 3.8) is 0 Å². The number of methoxy groups -OCH3 is 1. The summed E-state index contributed by atoms with van der Waals surface area (Å²) in [7, 11) is 1.66. The van der Waals surface area contributed by atoms with E-state index in [0.29, 0.717) is 5.56 Å². The molecule has 4 aromatic rings. The van der Waals surface area contributed by atoms with E-state index in [4.69, 9.17) is 4.74 Å². The lowest BCUT2D eigenvalue weighted by Crippen LogP contribution is -2.48. The molecule has 1 unspecified atom stereocenters. The third kappa shape index (κ3) is 5.08. The minimum Gasteiger partial charge on any atom is -0.497 e. The Morgan fingerprint density at radius 2 is 1.79 bits per heavy atom. The molecule has 9 nitrogen and oxygen atoms in total. The maximum atomic E-state index is 13.6. The van der Waals surface area contributed by atoms with Crippen LogP contribution in [-0.4, -0.2) is 68.3 Å². The molecule has 1 saturated heterocycles. The van der Waals surface area contributed by atoms with Crippen LogP contribution in [0, 0.1) is 0 Å². The van der Waals surface area contributed by atoms with Crippen molar-refractivity contribution in [2.24, 2.45) is 0 Å². The standard InChI is InChI=1S/C29H35N7O2/c1-38-24-12-13-26-22(18-24)19-25(29(37)30-26)27(28-31-32-33-36(28)23-10-6-3-7-11-23)35-16-14-34(15-17-35)20-21-8-4-2-5-9-21/h2,4-5,8-9,12-13,18-19,23,27H,3,6-7,10-11,14-17,20H2,1H3,(H,30,37). The first-order chi connectivity index (χ1) is 18.7. The van der Waals surface area contributed by atoms with Crippen LogP contribution in [-0.2, 0) is 6.54 Å². The lowest BCUT2D eigenvalue weighted by Gasteiger charge is -2.39. The number of nitrogens with one attached hydrogen (secondary N) is 1. The number of piperazine rings is 1. The molecule has 0 spiro atoms. The summed E-state index contributed by atoms with van der Waals surface area (Å²) < 4.78 is 7.47. The SMILES string of the molecule is COc1ccc2[nH]c(=O)c(C(c3nnnn3C3CCCCC3)N3CCN(Cc4ccccc4)CC3)cc2c1. The summed E-state index contributed by atoms with van der Waals surface area (Å²) in [6.07, 6.45) is 5.76. The third-order valence-electron chi connectivity index (χ3n) is 8.08. The molecule has 1 aliphatic carbocycles. The van der Waals surface area contributed by atoms with Crippen molar-refractivity contribution in [1.29, 1.82) is 0 Å². The number of rotatable bonds is 7. The maximum Gasteiger partial charge on any atom is 0.253 e. The van der Waals surface area contributed by atoms with Gasteiger partial charge in [-0.3, -0.25) is 14.6 Å². The minimum atomic E-state index is -0.329. The molecular formula is C29H35N7O2. The smallest absolute Gasteiger partial charge is 0.253 e. The lowest BCUT2D eigenvalue weighted by atomic mass is 9.95. The van der Waals surface area contributed by atoms with Crippen LogP contribution in [0.3, 0.4) is 0 Å². The fourth-order valence-electron chi connectivity index (χ4n) is 6.02. The van der Waals surface area contributed by atoms with E-state index >= 15 is 0 Å². The van der Waals surface area contributed by atoms with Gasteiger partial charge in [0.15, 0.2) is 5.82 Å². The molecule has 2 aromatic carbocycles. The average Bonchev–Trinajstić information content (AvgIpc) is 3.45. The lowest BCUT2D eigenvalue weighted by molar-refractivity contribution is 0.0982. The van der Waals surface area contributed by atoms with Crippen molar-refractivity contribution >= 4 is 10.9 Å². The molecule has 38 heavy (non-hydrogen) atoms. The molecular weight excluding hydrogens is 478 g/mol. The fraction of sp³-hybridized carbons (Fsp3) is 0.448. The van der Waals surface area contributed by atoms with E-state index in [-0.39, 0.29) is 17.6 Å². The average molecular weight is 514 g/mol. The highest BCUT2D eigenvalue weighted by molar-refractivity contribution is 5.80. The Labute approximate surface area is 222 Å². The molecule has 2 aromatic heterocycles. The second kappa shape index (κ2) is 11.0. The number of aromatic amines is 1. The number of hydrogen-bond donors (Lipinski definition) is 1. The quantitative estimate of drug-likeness (QED) is 0.400. The number of H-pyrrole nitrogens is 1. The highest BCUT2D eigenvalue weighted by atomic mass is 16.5. The van der Waals surface area contributed by atoms with Crippen LogP contribution in [0.15, 0.2) is 59.4 Å². The number of nitrogens with zero attached hydrogens (tertiary/aromatic N) is 6. The van der Waals surface area contributed by atoms with E-state index in [9.17, 15) is 4.79 Å². The zero-order valence-electron chi connectivity index (χ0n) is 21.9. The third-order valence-corrected chi connectivity index (χ3v) is 8.08. The van der Waals surface area contributed by atoms with E-state index in [1.807, 2.05) is 28.9 Å². The first kappa shape index (κ1) is 24.8. The van der Waals surface area contributed by atoms with Crippen molar-refractivity contribution in [2.45, 2.75) is 50.7 Å². The number of hydrogen-bond acceptors (Lipinski definition) is 7. The predicted molar refractivity (Wildman–Crippen MR) is 146 cm³/mol. The zero-order valence-corrected chi connectivity index (χ0v) is 21.9. The second-order valence-electron chi connectivity index (χ2n) is 10.5. The van der Waals surface area contributed by atoms with Gasteiger partial charge in [-0.1, -0.05) is 49.6 Å². The second-order valence-corrected chi connectivity index (χ2v) is 10.5. The topological polar surface area (TPSA) is 92.2 Å². The Balaban J connectivity index is 1.35. The predicted octanol–water partition coefficient (Wildman–Crippen LogP) is 3.94. The van der Waals surface area contributed by atoms with Gasteiger partial charge in [0.1, 0.15) is 11.8 Å². The number of tetrazole rings is 1. The van der Waals surface area contributed by atoms with Crippen LogP contribution in [0.2, 0.25) is 0 Å². The van der Waals surface area contributed by atoms with Crippen LogP contribution >= 0.6 is 0 Å². The fourth-order valence-corrected chi connectivity index (χ4v) is 6.02. The zero-order chi connectivity index (χ0) is 25.9. The van der Waals surface area contributed by atoms with E-state index < -0.39 is 0 Å². The van der Waals surface area contributed by atoms with Crippen LogP contribution in [0.5, 0.6) is 5.75 Å². The Morgan fingerprint density at radius 1 is 1.00 bits per heavy atom. The highest BCUT2D eigenvalue weighted by Crippen LogP contribution is 2.33. The van der Waals surface area contributed by atoms with Crippen LogP contribution in [0.4, 0.5) is 0 Å². The van der Waals surface area contributed by atoms with Gasteiger partial charge in [0, 0.05) is 49.2 Å². The van der Waals surface area contributed by atoms with Gasteiger partial charge in [-0.05, 0) is 53.1 Å². The van der Waals surface area contributed by atoms with Crippen molar-refractivity contribution in [3.05, 3.63) is 81.9 Å². The van der Waals surface area contributed by atoms with Crippen LogP contribution in [0.25, 0.3) is 10.9 Å². The Bertz CT molecular complexity index is 1420. The Hall–Kier alpha value is -3.56. The van der Waals surface area contributed by atoms with Crippen molar-refractivity contribution < 1.29 is 4.74 Å². The van der Waals surface area contributed by atoms with Gasteiger partial charge in [0.2, 0.25) is 0 Å². The monoisotopic (exact) mass is 513 g/mol. The van der Waals surface area contributed by atoms with Gasteiger partial charge in [0.25, 0.3) is 5.56 Å². The van der Waals surface area contributed by atoms with Crippen LogP contribution < -0.4 is 10.3 Å². The summed E-state index contributed by atoms with van der Waals surface area (Å²) in [5, 5.41) is 14.1. The van der Waals surface area contributed by atoms with E-state index in [1.54, 1.807) is 7.11 Å². The van der Waals surface area contributed by atoms with E-state index in [0.717, 1.165) is 68.0 Å². The number of benzene rings is 2. The van der Waals surface area contributed by atoms with Gasteiger partial charge in [-0.15, -0.1) is 5.10 Å². The molecule has 9 heteroatoms. The minimum absolute atomic E-state index is 0.0995. The summed E-state index contributed by atoms with van der Waals surface area (Å²) in [6.45, 7) is 4.40. The summed E-state index contributed by atoms with van der Waals surface area (Å²) >= 11 is 0. The number of aromatic nitrogens is 5. The van der Waals surface area contributed by atoms with E-state index in [2.05, 4.69) is 60.6 Å². The van der Waals surface area contributed by atoms with Crippen molar-refractivity contribution in [1.82, 2.24) is 35.0 Å². The molecule has 1 N–H and O–H groups in total. The summed E-state index contributed by atoms with van der Waals surface area (Å²) in [5.74, 6) is 1.52. The summed E-state index contributed by atoms with van der Waals surface area (Å²) in [6, 6.07) is 18.3. The summed E-state index contributed by atoms with van der Waals surface area (Å²) in [5.41, 5.74) is 2.68.